The van der Waals surface area contributed by atoms with Gasteiger partial charge in [0.05, 0.1) is 34.0 Å². The Morgan fingerprint density at radius 2 is 1.82 bits per heavy atom. The second-order valence-corrected chi connectivity index (χ2v) is 9.34. The summed E-state index contributed by atoms with van der Waals surface area (Å²) in [6.45, 7) is 15.6. The maximum absolute atomic E-state index is 10.7. The van der Waals surface area contributed by atoms with Crippen LogP contribution in [0.1, 0.15) is 59.1 Å². The molecule has 34 heavy (non-hydrogen) atoms. The van der Waals surface area contributed by atoms with Crippen molar-refractivity contribution in [2.75, 3.05) is 60.2 Å². The van der Waals surface area contributed by atoms with E-state index in [0.29, 0.717) is 36.9 Å². The van der Waals surface area contributed by atoms with Crippen LogP contribution < -0.4 is 14.8 Å². The first kappa shape index (κ1) is 28.4. The molecule has 0 saturated carbocycles. The van der Waals surface area contributed by atoms with E-state index in [1.165, 1.54) is 17.5 Å². The van der Waals surface area contributed by atoms with Crippen molar-refractivity contribution in [1.29, 1.82) is 0 Å². The van der Waals surface area contributed by atoms with Crippen LogP contribution in [0.15, 0.2) is 12.1 Å². The molecule has 0 amide bonds. The van der Waals surface area contributed by atoms with Crippen LogP contribution in [0.2, 0.25) is 0 Å². The third-order valence-corrected chi connectivity index (χ3v) is 6.77. The highest BCUT2D eigenvalue weighted by Gasteiger charge is 2.39. The summed E-state index contributed by atoms with van der Waals surface area (Å²) >= 11 is 0. The molecule has 3 aliphatic heterocycles. The zero-order valence-corrected chi connectivity index (χ0v) is 22.1. The molecule has 0 spiro atoms. The SMILES string of the molecule is C1COCCN1.CC.COc1cc2c(cc1OC)C1CC(COC=O)C(CC(C)C)CN1CC2.[HH]. The Balaban J connectivity index is 0.000000586. The number of nitrogens with zero attached hydrogens (tertiary/aromatic N) is 1. The fraction of sp³-hybridized carbons (Fsp3) is 0.741. The lowest BCUT2D eigenvalue weighted by atomic mass is 9.74. The van der Waals surface area contributed by atoms with Crippen LogP contribution in [0.5, 0.6) is 11.5 Å². The van der Waals surface area contributed by atoms with Crippen LogP contribution in [0.3, 0.4) is 0 Å². The number of hydrogen-bond donors (Lipinski definition) is 1. The first-order valence-corrected chi connectivity index (χ1v) is 12.9. The van der Waals surface area contributed by atoms with E-state index in [1.807, 2.05) is 13.8 Å². The molecule has 3 unspecified atom stereocenters. The topological polar surface area (TPSA) is 69.3 Å². The molecule has 1 aromatic carbocycles. The molecule has 0 aliphatic carbocycles. The van der Waals surface area contributed by atoms with Crippen molar-refractivity contribution >= 4 is 6.47 Å². The van der Waals surface area contributed by atoms with Gasteiger partial charge < -0.3 is 24.3 Å². The second kappa shape index (κ2) is 15.2. The molecule has 0 aromatic heterocycles. The Hall–Kier alpha value is -1.83. The van der Waals surface area contributed by atoms with Crippen LogP contribution >= 0.6 is 0 Å². The molecular formula is C27H48N2O5. The molecule has 196 valence electrons. The van der Waals surface area contributed by atoms with Crippen molar-refractivity contribution in [3.8, 4) is 11.5 Å². The minimum atomic E-state index is 0. The van der Waals surface area contributed by atoms with Crippen molar-refractivity contribution in [3.05, 3.63) is 23.3 Å². The predicted octanol–water partition coefficient (Wildman–Crippen LogP) is 4.34. The Morgan fingerprint density at radius 1 is 1.15 bits per heavy atom. The van der Waals surface area contributed by atoms with Crippen LogP contribution in [-0.4, -0.2) is 71.6 Å². The summed E-state index contributed by atoms with van der Waals surface area (Å²) in [6, 6.07) is 4.64. The summed E-state index contributed by atoms with van der Waals surface area (Å²) in [6.07, 6.45) is 3.23. The molecule has 1 N–H and O–H groups in total. The maximum atomic E-state index is 10.7. The van der Waals surface area contributed by atoms with E-state index in [2.05, 4.69) is 36.2 Å². The van der Waals surface area contributed by atoms with Crippen LogP contribution in [0.4, 0.5) is 0 Å². The van der Waals surface area contributed by atoms with E-state index >= 15 is 0 Å². The number of ether oxygens (including phenoxy) is 4. The lowest BCUT2D eigenvalue weighted by Crippen LogP contribution is -2.47. The van der Waals surface area contributed by atoms with Gasteiger partial charge in [-0.1, -0.05) is 27.7 Å². The van der Waals surface area contributed by atoms with Crippen molar-refractivity contribution < 1.29 is 25.2 Å². The van der Waals surface area contributed by atoms with Gasteiger partial charge in [-0.25, -0.2) is 0 Å². The molecule has 3 aliphatic rings. The van der Waals surface area contributed by atoms with Gasteiger partial charge in [-0.15, -0.1) is 0 Å². The quantitative estimate of drug-likeness (QED) is 0.582. The average molecular weight is 481 g/mol. The van der Waals surface area contributed by atoms with E-state index in [4.69, 9.17) is 18.9 Å². The summed E-state index contributed by atoms with van der Waals surface area (Å²) in [5.41, 5.74) is 2.69. The fourth-order valence-corrected chi connectivity index (χ4v) is 5.26. The standard InChI is InChI=1S/C21H31NO4.C4H9NO.C2H6.H2/c1-14(2)7-16-11-22-6-5-15-9-20(24-3)21(25-4)10-18(15)19(22)8-17(16)12-26-13-23;1-3-6-4-2-5-1;1-2;/h9-10,13-14,16-17,19H,5-8,11-12H2,1-4H3;5H,1-4H2;1-2H3;1H. The summed E-state index contributed by atoms with van der Waals surface area (Å²) in [5.74, 6) is 3.22. The molecule has 2 fully saturated rings. The number of methoxy groups -OCH3 is 2. The molecule has 2 saturated heterocycles. The number of fused-ring (bicyclic) bond motifs is 3. The van der Waals surface area contributed by atoms with Crippen LogP contribution in [0.25, 0.3) is 0 Å². The number of rotatable bonds is 7. The minimum Gasteiger partial charge on any atom is -0.493 e. The van der Waals surface area contributed by atoms with Gasteiger partial charge in [-0.3, -0.25) is 9.69 Å². The number of morpholine rings is 1. The van der Waals surface area contributed by atoms with E-state index in [-0.39, 0.29) is 1.43 Å². The third kappa shape index (κ3) is 7.85. The van der Waals surface area contributed by atoms with Gasteiger partial charge in [-0.2, -0.15) is 0 Å². The van der Waals surface area contributed by atoms with E-state index in [9.17, 15) is 4.79 Å². The molecule has 7 nitrogen and oxygen atoms in total. The van der Waals surface area contributed by atoms with Gasteiger partial charge in [-0.05, 0) is 60.3 Å². The van der Waals surface area contributed by atoms with Gasteiger partial charge >= 0.3 is 0 Å². The Labute approximate surface area is 207 Å². The van der Waals surface area contributed by atoms with Gasteiger partial charge in [0, 0.05) is 33.6 Å². The maximum Gasteiger partial charge on any atom is 0.293 e. The minimum absolute atomic E-state index is 0. The fourth-order valence-electron chi connectivity index (χ4n) is 5.26. The molecule has 7 heteroatoms. The Kier molecular flexibility index (Phi) is 12.7. The number of carbonyl (C=O) groups excluding carboxylic acids is 1. The second-order valence-electron chi connectivity index (χ2n) is 9.34. The lowest BCUT2D eigenvalue weighted by molar-refractivity contribution is -0.131. The zero-order chi connectivity index (χ0) is 24.9. The highest BCUT2D eigenvalue weighted by atomic mass is 16.5. The van der Waals surface area contributed by atoms with Crippen molar-refractivity contribution in [1.82, 2.24) is 10.2 Å². The van der Waals surface area contributed by atoms with Gasteiger partial charge in [0.25, 0.3) is 6.47 Å². The van der Waals surface area contributed by atoms with Crippen molar-refractivity contribution in [3.63, 3.8) is 0 Å². The van der Waals surface area contributed by atoms with Crippen molar-refractivity contribution in [2.24, 2.45) is 17.8 Å². The Bertz CT molecular complexity index is 718. The summed E-state index contributed by atoms with van der Waals surface area (Å²) < 4.78 is 21.2. The molecule has 3 heterocycles. The van der Waals surface area contributed by atoms with Crippen molar-refractivity contribution in [2.45, 2.75) is 53.0 Å². The van der Waals surface area contributed by atoms with E-state index in [0.717, 1.165) is 63.7 Å². The molecule has 0 bridgehead atoms. The first-order chi connectivity index (χ1) is 16.6. The third-order valence-electron chi connectivity index (χ3n) is 6.77. The largest absolute Gasteiger partial charge is 0.493 e. The highest BCUT2D eigenvalue weighted by molar-refractivity contribution is 5.49. The predicted molar refractivity (Wildman–Crippen MR) is 138 cm³/mol. The molecular weight excluding hydrogens is 432 g/mol. The first-order valence-electron chi connectivity index (χ1n) is 12.9. The normalized spacial score (nSPS) is 23.8. The number of hydrogen-bond acceptors (Lipinski definition) is 7. The molecule has 1 aromatic rings. The van der Waals surface area contributed by atoms with Gasteiger partial charge in [0.1, 0.15) is 0 Å². The highest BCUT2D eigenvalue weighted by Crippen LogP contribution is 2.45. The van der Waals surface area contributed by atoms with E-state index in [1.54, 1.807) is 14.2 Å². The summed E-state index contributed by atoms with van der Waals surface area (Å²) in [7, 11) is 3.37. The van der Waals surface area contributed by atoms with Crippen LogP contribution in [0, 0.1) is 17.8 Å². The zero-order valence-electron chi connectivity index (χ0n) is 22.1. The smallest absolute Gasteiger partial charge is 0.293 e. The molecule has 4 rings (SSSR count). The van der Waals surface area contributed by atoms with E-state index < -0.39 is 0 Å². The Morgan fingerprint density at radius 3 is 2.35 bits per heavy atom. The number of benzene rings is 1. The number of piperidine rings is 1. The molecule has 0 radical (unpaired) electrons. The lowest BCUT2D eigenvalue weighted by Gasteiger charge is -2.47. The molecule has 3 atom stereocenters. The number of carbonyl (C=O) groups is 1. The summed E-state index contributed by atoms with van der Waals surface area (Å²) in [5, 5.41) is 3.16. The van der Waals surface area contributed by atoms with Gasteiger partial charge in [0.15, 0.2) is 11.5 Å². The number of nitrogens with one attached hydrogen (secondary N) is 1. The van der Waals surface area contributed by atoms with Crippen LogP contribution in [-0.2, 0) is 20.7 Å². The monoisotopic (exact) mass is 480 g/mol. The average Bonchev–Trinajstić information content (AvgIpc) is 2.88. The van der Waals surface area contributed by atoms with Gasteiger partial charge in [0.2, 0.25) is 0 Å². The summed E-state index contributed by atoms with van der Waals surface area (Å²) in [4.78, 5) is 13.4.